The van der Waals surface area contributed by atoms with Crippen LogP contribution in [-0.4, -0.2) is 34.7 Å². The lowest BCUT2D eigenvalue weighted by atomic mass is 10.3. The second-order valence-corrected chi connectivity index (χ2v) is 5.52. The number of thioether (sulfide) groups is 1. The summed E-state index contributed by atoms with van der Waals surface area (Å²) in [6.07, 6.45) is 2.95. The topological polar surface area (TPSA) is 81.2 Å². The molecule has 1 N–H and O–H groups in total. The average molecular weight is 374 g/mol. The number of carbonyl (C=O) groups excluding carboxylic acids is 2. The van der Waals surface area contributed by atoms with Gasteiger partial charge in [0.25, 0.3) is 5.91 Å². The predicted octanol–water partition coefficient (Wildman–Crippen LogP) is 2.93. The molecule has 0 aliphatic carbocycles. The van der Waals surface area contributed by atoms with Crippen LogP contribution in [0.3, 0.4) is 0 Å². The van der Waals surface area contributed by atoms with E-state index in [2.05, 4.69) is 15.3 Å². The van der Waals surface area contributed by atoms with Gasteiger partial charge < -0.3 is 10.1 Å². The van der Waals surface area contributed by atoms with Gasteiger partial charge in [0.15, 0.2) is 17.5 Å². The van der Waals surface area contributed by atoms with Gasteiger partial charge >= 0.3 is 5.97 Å². The van der Waals surface area contributed by atoms with Crippen LogP contribution in [0.5, 0.6) is 0 Å². The lowest BCUT2D eigenvalue weighted by Gasteiger charge is -2.07. The van der Waals surface area contributed by atoms with E-state index in [4.69, 9.17) is 16.3 Å². The average Bonchev–Trinajstić information content (AvgIpc) is 2.52. The van der Waals surface area contributed by atoms with Crippen LogP contribution in [0, 0.1) is 11.6 Å². The molecule has 0 atom stereocenters. The highest BCUT2D eigenvalue weighted by molar-refractivity contribution is 7.98. The molecule has 6 nitrogen and oxygen atoms in total. The predicted molar refractivity (Wildman–Crippen MR) is 84.1 cm³/mol. The zero-order valence-corrected chi connectivity index (χ0v) is 13.8. The van der Waals surface area contributed by atoms with Gasteiger partial charge in [-0.2, -0.15) is 0 Å². The van der Waals surface area contributed by atoms with E-state index < -0.39 is 30.1 Å². The van der Waals surface area contributed by atoms with Crippen LogP contribution in [0.4, 0.5) is 14.5 Å². The lowest BCUT2D eigenvalue weighted by Crippen LogP contribution is -2.21. The van der Waals surface area contributed by atoms with Crippen molar-refractivity contribution in [1.82, 2.24) is 9.97 Å². The second kappa shape index (κ2) is 8.02. The Morgan fingerprint density at radius 1 is 1.29 bits per heavy atom. The summed E-state index contributed by atoms with van der Waals surface area (Å²) in [5.41, 5.74) is -0.279. The number of nitrogens with one attached hydrogen (secondary N) is 1. The number of amides is 1. The van der Waals surface area contributed by atoms with Crippen molar-refractivity contribution in [3.05, 3.63) is 46.7 Å². The van der Waals surface area contributed by atoms with Gasteiger partial charge in [-0.3, -0.25) is 4.79 Å². The number of rotatable bonds is 5. The molecule has 126 valence electrons. The van der Waals surface area contributed by atoms with Gasteiger partial charge in [-0.25, -0.2) is 23.5 Å². The van der Waals surface area contributed by atoms with Crippen molar-refractivity contribution in [2.45, 2.75) is 5.16 Å². The van der Waals surface area contributed by atoms with Gasteiger partial charge in [-0.15, -0.1) is 0 Å². The number of benzene rings is 1. The van der Waals surface area contributed by atoms with Crippen LogP contribution < -0.4 is 5.32 Å². The number of esters is 1. The molecular formula is C14H10ClF2N3O3S. The molecule has 2 rings (SSSR count). The first kappa shape index (κ1) is 18.1. The van der Waals surface area contributed by atoms with E-state index in [0.717, 1.165) is 12.1 Å². The zero-order valence-electron chi connectivity index (χ0n) is 12.2. The number of carbonyl (C=O) groups is 2. The van der Waals surface area contributed by atoms with Gasteiger partial charge in [-0.1, -0.05) is 23.4 Å². The number of hydrogen-bond acceptors (Lipinski definition) is 6. The molecule has 0 aliphatic rings. The minimum absolute atomic E-state index is 0.0228. The SMILES string of the molecule is CSc1ncc(Cl)c(C(=O)OCC(=O)Nc2cc(F)cc(F)c2)n1. The quantitative estimate of drug-likeness (QED) is 0.493. The summed E-state index contributed by atoms with van der Waals surface area (Å²) < 4.78 is 30.8. The first-order valence-corrected chi connectivity index (χ1v) is 7.99. The Morgan fingerprint density at radius 3 is 2.58 bits per heavy atom. The van der Waals surface area contributed by atoms with Gasteiger partial charge in [0.1, 0.15) is 11.6 Å². The summed E-state index contributed by atoms with van der Waals surface area (Å²) >= 11 is 7.01. The molecule has 0 saturated heterocycles. The normalized spacial score (nSPS) is 10.3. The summed E-state index contributed by atoms with van der Waals surface area (Å²) in [7, 11) is 0. The van der Waals surface area contributed by atoms with E-state index in [9.17, 15) is 18.4 Å². The van der Waals surface area contributed by atoms with Crippen molar-refractivity contribution in [3.63, 3.8) is 0 Å². The van der Waals surface area contributed by atoms with E-state index >= 15 is 0 Å². The number of hydrogen-bond donors (Lipinski definition) is 1. The molecule has 1 aromatic carbocycles. The van der Waals surface area contributed by atoms with Crippen LogP contribution in [0.2, 0.25) is 5.02 Å². The number of anilines is 1. The van der Waals surface area contributed by atoms with Crippen molar-refractivity contribution in [2.75, 3.05) is 18.2 Å². The fourth-order valence-corrected chi connectivity index (χ4v) is 2.12. The van der Waals surface area contributed by atoms with Crippen LogP contribution in [-0.2, 0) is 9.53 Å². The van der Waals surface area contributed by atoms with E-state index in [-0.39, 0.29) is 16.4 Å². The molecule has 1 amide bonds. The highest BCUT2D eigenvalue weighted by Crippen LogP contribution is 2.17. The third kappa shape index (κ3) is 4.87. The van der Waals surface area contributed by atoms with Crippen molar-refractivity contribution in [3.8, 4) is 0 Å². The van der Waals surface area contributed by atoms with E-state index in [0.29, 0.717) is 11.2 Å². The Labute approximate surface area is 144 Å². The monoisotopic (exact) mass is 373 g/mol. The van der Waals surface area contributed by atoms with Crippen LogP contribution in [0.1, 0.15) is 10.5 Å². The molecule has 0 spiro atoms. The summed E-state index contributed by atoms with van der Waals surface area (Å²) in [4.78, 5) is 31.3. The molecule has 2 aromatic rings. The third-order valence-electron chi connectivity index (χ3n) is 2.58. The fraction of sp³-hybridized carbons (Fsp3) is 0.143. The molecule has 1 aromatic heterocycles. The van der Waals surface area contributed by atoms with Crippen molar-refractivity contribution in [1.29, 1.82) is 0 Å². The van der Waals surface area contributed by atoms with Gasteiger partial charge in [0, 0.05) is 11.8 Å². The van der Waals surface area contributed by atoms with Gasteiger partial charge in [0.2, 0.25) is 0 Å². The van der Waals surface area contributed by atoms with Crippen molar-refractivity contribution in [2.24, 2.45) is 0 Å². The van der Waals surface area contributed by atoms with E-state index in [1.54, 1.807) is 6.26 Å². The minimum atomic E-state index is -0.918. The minimum Gasteiger partial charge on any atom is -0.451 e. The standard InChI is InChI=1S/C14H10ClF2N3O3S/c1-24-14-18-5-10(15)12(20-14)13(22)23-6-11(21)19-9-3-7(16)2-8(17)4-9/h2-5H,6H2,1H3,(H,19,21). The second-order valence-electron chi connectivity index (χ2n) is 4.34. The molecule has 10 heteroatoms. The van der Waals surface area contributed by atoms with Gasteiger partial charge in [0.05, 0.1) is 11.2 Å². The molecule has 1 heterocycles. The van der Waals surface area contributed by atoms with Crippen LogP contribution in [0.25, 0.3) is 0 Å². The Hall–Kier alpha value is -2.26. The van der Waals surface area contributed by atoms with Crippen LogP contribution in [0.15, 0.2) is 29.6 Å². The van der Waals surface area contributed by atoms with Crippen molar-refractivity contribution >= 4 is 40.9 Å². The number of nitrogens with zero attached hydrogens (tertiary/aromatic N) is 2. The Morgan fingerprint density at radius 2 is 1.96 bits per heavy atom. The molecular weight excluding hydrogens is 364 g/mol. The Balaban J connectivity index is 1.97. The maximum Gasteiger partial charge on any atom is 0.359 e. The summed E-state index contributed by atoms with van der Waals surface area (Å²) in [6.45, 7) is -0.675. The molecule has 0 radical (unpaired) electrons. The molecule has 0 aliphatic heterocycles. The smallest absolute Gasteiger partial charge is 0.359 e. The van der Waals surface area contributed by atoms with Crippen molar-refractivity contribution < 1.29 is 23.1 Å². The number of aromatic nitrogens is 2. The highest BCUT2D eigenvalue weighted by Gasteiger charge is 2.17. The first-order valence-electron chi connectivity index (χ1n) is 6.38. The Bertz CT molecular complexity index is 772. The molecule has 0 fully saturated rings. The summed E-state index contributed by atoms with van der Waals surface area (Å²) in [5, 5.41) is 2.49. The highest BCUT2D eigenvalue weighted by atomic mass is 35.5. The maximum absolute atomic E-state index is 13.0. The Kier molecular flexibility index (Phi) is 6.04. The number of halogens is 3. The first-order chi connectivity index (χ1) is 11.4. The molecule has 0 unspecified atom stereocenters. The largest absolute Gasteiger partial charge is 0.451 e. The maximum atomic E-state index is 13.0. The molecule has 0 saturated carbocycles. The summed E-state index contributed by atoms with van der Waals surface area (Å²) in [6, 6.07) is 2.51. The fourth-order valence-electron chi connectivity index (χ4n) is 1.61. The lowest BCUT2D eigenvalue weighted by molar-refractivity contribution is -0.119. The third-order valence-corrected chi connectivity index (χ3v) is 3.42. The van der Waals surface area contributed by atoms with E-state index in [1.807, 2.05) is 0 Å². The van der Waals surface area contributed by atoms with Gasteiger partial charge in [-0.05, 0) is 18.4 Å². The van der Waals surface area contributed by atoms with Crippen LogP contribution >= 0.6 is 23.4 Å². The summed E-state index contributed by atoms with van der Waals surface area (Å²) in [5.74, 6) is -3.39. The molecule has 0 bridgehead atoms. The zero-order chi connectivity index (χ0) is 17.7. The van der Waals surface area contributed by atoms with E-state index in [1.165, 1.54) is 18.0 Å². The number of ether oxygens (including phenoxy) is 1. The molecule has 24 heavy (non-hydrogen) atoms.